The number of carboxylic acids is 1. The van der Waals surface area contributed by atoms with Crippen LogP contribution in [-0.2, 0) is 9.59 Å². The minimum absolute atomic E-state index is 0.00245. The Bertz CT molecular complexity index is 733. The highest BCUT2D eigenvalue weighted by molar-refractivity contribution is 5.94. The van der Waals surface area contributed by atoms with Crippen LogP contribution in [-0.4, -0.2) is 22.8 Å². The largest absolute Gasteiger partial charge is 0.481 e. The molecule has 0 saturated heterocycles. The van der Waals surface area contributed by atoms with Crippen molar-refractivity contribution in [3.63, 3.8) is 0 Å². The topological polar surface area (TPSA) is 97.5 Å². The summed E-state index contributed by atoms with van der Waals surface area (Å²) < 4.78 is 0. The van der Waals surface area contributed by atoms with Crippen LogP contribution in [0.25, 0.3) is 11.1 Å². The molecule has 23 heavy (non-hydrogen) atoms. The van der Waals surface area contributed by atoms with E-state index in [1.165, 1.54) is 6.92 Å². The summed E-state index contributed by atoms with van der Waals surface area (Å²) in [6.07, 6.45) is -0.234. The third-order valence-corrected chi connectivity index (χ3v) is 3.64. The van der Waals surface area contributed by atoms with E-state index in [9.17, 15) is 19.5 Å². The van der Waals surface area contributed by atoms with Crippen molar-refractivity contribution in [2.75, 3.05) is 0 Å². The molecule has 5 nitrogen and oxygen atoms in total. The van der Waals surface area contributed by atoms with Crippen LogP contribution in [0.2, 0.25) is 0 Å². The minimum atomic E-state index is -1.08. The predicted molar refractivity (Wildman–Crippen MR) is 86.1 cm³/mol. The van der Waals surface area contributed by atoms with Gasteiger partial charge in [-0.1, -0.05) is 48.5 Å². The van der Waals surface area contributed by atoms with Crippen molar-refractivity contribution in [1.82, 2.24) is 0 Å². The minimum Gasteiger partial charge on any atom is -0.481 e. The first-order valence-corrected chi connectivity index (χ1v) is 7.11. The Morgan fingerprint density at radius 1 is 0.957 bits per heavy atom. The Balaban J connectivity index is 2.25. The molecule has 118 valence electrons. The van der Waals surface area contributed by atoms with Crippen LogP contribution in [0.15, 0.2) is 48.5 Å². The maximum atomic E-state index is 11.3. The van der Waals surface area contributed by atoms with Gasteiger partial charge in [0.05, 0.1) is 5.92 Å². The van der Waals surface area contributed by atoms with E-state index in [2.05, 4.69) is 0 Å². The molecule has 0 aliphatic heterocycles. The van der Waals surface area contributed by atoms with E-state index in [1.54, 1.807) is 36.4 Å². The molecule has 1 amide bonds. The molecule has 0 spiro atoms. The molecule has 2 rings (SSSR count). The Morgan fingerprint density at radius 2 is 1.43 bits per heavy atom. The van der Waals surface area contributed by atoms with Crippen molar-refractivity contribution in [2.24, 2.45) is 5.73 Å². The van der Waals surface area contributed by atoms with E-state index in [4.69, 9.17) is 5.73 Å². The van der Waals surface area contributed by atoms with E-state index < -0.39 is 17.8 Å². The van der Waals surface area contributed by atoms with Gasteiger partial charge in [0.25, 0.3) is 0 Å². The standard InChI is InChI=1S/C18H17NO4/c1-11(20)12-2-4-13(5-3-12)14-6-8-15(9-7-14)16(18(22)23)10-17(19)21/h2-9,16H,10H2,1H3,(H2,19,21)(H,22,23). The van der Waals surface area contributed by atoms with Crippen molar-refractivity contribution in [3.05, 3.63) is 59.7 Å². The van der Waals surface area contributed by atoms with Gasteiger partial charge in [0, 0.05) is 12.0 Å². The number of nitrogens with two attached hydrogens (primary N) is 1. The third kappa shape index (κ3) is 4.03. The number of carbonyl (C=O) groups is 3. The van der Waals surface area contributed by atoms with Crippen LogP contribution >= 0.6 is 0 Å². The van der Waals surface area contributed by atoms with Gasteiger partial charge in [0.15, 0.2) is 5.78 Å². The maximum absolute atomic E-state index is 11.3. The van der Waals surface area contributed by atoms with Crippen LogP contribution in [0.4, 0.5) is 0 Å². The van der Waals surface area contributed by atoms with Gasteiger partial charge in [0.1, 0.15) is 0 Å². The van der Waals surface area contributed by atoms with Crippen molar-refractivity contribution in [3.8, 4) is 11.1 Å². The van der Waals surface area contributed by atoms with Crippen molar-refractivity contribution in [1.29, 1.82) is 0 Å². The number of carbonyl (C=O) groups excluding carboxylic acids is 2. The summed E-state index contributed by atoms with van der Waals surface area (Å²) in [5, 5.41) is 9.20. The van der Waals surface area contributed by atoms with E-state index in [0.717, 1.165) is 11.1 Å². The number of benzene rings is 2. The number of hydrogen-bond acceptors (Lipinski definition) is 3. The molecule has 0 saturated carbocycles. The Morgan fingerprint density at radius 3 is 1.83 bits per heavy atom. The van der Waals surface area contributed by atoms with Gasteiger partial charge in [-0.2, -0.15) is 0 Å². The van der Waals surface area contributed by atoms with Gasteiger partial charge in [0.2, 0.25) is 5.91 Å². The second-order valence-electron chi connectivity index (χ2n) is 5.32. The van der Waals surface area contributed by atoms with Gasteiger partial charge in [-0.25, -0.2) is 0 Å². The third-order valence-electron chi connectivity index (χ3n) is 3.64. The first-order chi connectivity index (χ1) is 10.9. The number of ketones is 1. The second kappa shape index (κ2) is 6.87. The molecule has 1 atom stereocenters. The van der Waals surface area contributed by atoms with Gasteiger partial charge in [-0.15, -0.1) is 0 Å². The molecule has 0 aliphatic rings. The van der Waals surface area contributed by atoms with Crippen LogP contribution in [0, 0.1) is 0 Å². The molecule has 0 bridgehead atoms. The normalized spacial score (nSPS) is 11.7. The molecular formula is C18H17NO4. The highest BCUT2D eigenvalue weighted by atomic mass is 16.4. The highest BCUT2D eigenvalue weighted by Gasteiger charge is 2.22. The monoisotopic (exact) mass is 311 g/mol. The Kier molecular flexibility index (Phi) is 4.91. The number of Topliss-reactive ketones (excluding diaryl/α,β-unsaturated/α-hetero) is 1. The number of amides is 1. The summed E-state index contributed by atoms with van der Waals surface area (Å²) in [6, 6.07) is 14.1. The van der Waals surface area contributed by atoms with Crippen LogP contribution in [0.3, 0.4) is 0 Å². The van der Waals surface area contributed by atoms with E-state index in [-0.39, 0.29) is 12.2 Å². The zero-order chi connectivity index (χ0) is 17.0. The molecule has 0 radical (unpaired) electrons. The predicted octanol–water partition coefficient (Wildman–Crippen LogP) is 2.60. The quantitative estimate of drug-likeness (QED) is 0.801. The summed E-state index contributed by atoms with van der Waals surface area (Å²) in [5.74, 6) is -2.67. The summed E-state index contributed by atoms with van der Waals surface area (Å²) in [4.78, 5) is 33.5. The SMILES string of the molecule is CC(=O)c1ccc(-c2ccc(C(CC(N)=O)C(=O)O)cc2)cc1. The van der Waals surface area contributed by atoms with Gasteiger partial charge < -0.3 is 10.8 Å². The van der Waals surface area contributed by atoms with Crippen molar-refractivity contribution in [2.45, 2.75) is 19.3 Å². The molecule has 3 N–H and O–H groups in total. The van der Waals surface area contributed by atoms with E-state index >= 15 is 0 Å². The number of rotatable bonds is 6. The number of carboxylic acid groups (broad SMARTS) is 1. The van der Waals surface area contributed by atoms with Gasteiger partial charge in [-0.3, -0.25) is 14.4 Å². The highest BCUT2D eigenvalue weighted by Crippen LogP contribution is 2.25. The molecule has 0 fully saturated rings. The molecule has 0 heterocycles. The van der Waals surface area contributed by atoms with Crippen LogP contribution in [0.5, 0.6) is 0 Å². The summed E-state index contributed by atoms with van der Waals surface area (Å²) in [6.45, 7) is 1.51. The summed E-state index contributed by atoms with van der Waals surface area (Å²) in [5.41, 5.74) is 8.08. The van der Waals surface area contributed by atoms with Crippen molar-refractivity contribution >= 4 is 17.7 Å². The molecular weight excluding hydrogens is 294 g/mol. The van der Waals surface area contributed by atoms with Crippen LogP contribution < -0.4 is 5.73 Å². The first-order valence-electron chi connectivity index (χ1n) is 7.11. The van der Waals surface area contributed by atoms with Gasteiger partial charge >= 0.3 is 5.97 Å². The first kappa shape index (κ1) is 16.4. The lowest BCUT2D eigenvalue weighted by Crippen LogP contribution is -2.20. The smallest absolute Gasteiger partial charge is 0.311 e. The number of primary amides is 1. The van der Waals surface area contributed by atoms with Gasteiger partial charge in [-0.05, 0) is 23.6 Å². The molecule has 2 aromatic rings. The van der Waals surface area contributed by atoms with Crippen molar-refractivity contribution < 1.29 is 19.5 Å². The lowest BCUT2D eigenvalue weighted by Gasteiger charge is -2.11. The Labute approximate surface area is 133 Å². The number of aliphatic carboxylic acids is 1. The fraction of sp³-hybridized carbons (Fsp3) is 0.167. The molecule has 1 unspecified atom stereocenters. The molecule has 0 aromatic heterocycles. The fourth-order valence-electron chi connectivity index (χ4n) is 2.35. The fourth-order valence-corrected chi connectivity index (χ4v) is 2.35. The van der Waals surface area contributed by atoms with E-state index in [0.29, 0.717) is 11.1 Å². The lowest BCUT2D eigenvalue weighted by atomic mass is 9.93. The Hall–Kier alpha value is -2.95. The second-order valence-corrected chi connectivity index (χ2v) is 5.32. The molecule has 5 heteroatoms. The molecule has 0 aliphatic carbocycles. The zero-order valence-corrected chi connectivity index (χ0v) is 12.7. The zero-order valence-electron chi connectivity index (χ0n) is 12.7. The summed E-state index contributed by atoms with van der Waals surface area (Å²) in [7, 11) is 0. The van der Waals surface area contributed by atoms with Crippen LogP contribution in [0.1, 0.15) is 35.2 Å². The lowest BCUT2D eigenvalue weighted by molar-refractivity contribution is -0.140. The van der Waals surface area contributed by atoms with E-state index in [1.807, 2.05) is 12.1 Å². The average molecular weight is 311 g/mol. The maximum Gasteiger partial charge on any atom is 0.311 e. The number of hydrogen-bond donors (Lipinski definition) is 2. The summed E-state index contributed by atoms with van der Waals surface area (Å²) >= 11 is 0. The average Bonchev–Trinajstić information content (AvgIpc) is 2.52. The molecule has 2 aromatic carbocycles.